The van der Waals surface area contributed by atoms with E-state index < -0.39 is 0 Å². The third-order valence-electron chi connectivity index (χ3n) is 4.78. The number of quaternary nitrogens is 1. The van der Waals surface area contributed by atoms with Crippen LogP contribution in [-0.4, -0.2) is 43.5 Å². The second kappa shape index (κ2) is 8.37. The van der Waals surface area contributed by atoms with E-state index in [9.17, 15) is 4.79 Å². The highest BCUT2D eigenvalue weighted by Gasteiger charge is 2.23. The number of nitrogens with zero attached hydrogens (tertiary/aromatic N) is 2. The lowest BCUT2D eigenvalue weighted by Gasteiger charge is -2.36. The molecule has 1 atom stereocenters. The Labute approximate surface area is 154 Å². The van der Waals surface area contributed by atoms with Crippen LogP contribution in [0, 0.1) is 0 Å². The van der Waals surface area contributed by atoms with Crippen molar-refractivity contribution in [1.82, 2.24) is 4.90 Å². The SMILES string of the molecule is C[C@H]([NH2+]CC(=O)N1CCN(c2cccc(Cl)c2)CC1)c1ccccc1. The average Bonchev–Trinajstić information content (AvgIpc) is 2.66. The van der Waals surface area contributed by atoms with E-state index in [1.165, 1.54) is 5.56 Å². The fourth-order valence-corrected chi connectivity index (χ4v) is 3.37. The van der Waals surface area contributed by atoms with Crippen molar-refractivity contribution in [3.63, 3.8) is 0 Å². The predicted molar refractivity (Wildman–Crippen MR) is 102 cm³/mol. The summed E-state index contributed by atoms with van der Waals surface area (Å²) in [7, 11) is 0. The molecule has 1 saturated heterocycles. The summed E-state index contributed by atoms with van der Waals surface area (Å²) in [6, 6.07) is 18.5. The van der Waals surface area contributed by atoms with Gasteiger partial charge in [-0.15, -0.1) is 0 Å². The van der Waals surface area contributed by atoms with Crippen LogP contribution in [0.25, 0.3) is 0 Å². The third-order valence-corrected chi connectivity index (χ3v) is 5.01. The molecule has 4 nitrogen and oxygen atoms in total. The summed E-state index contributed by atoms with van der Waals surface area (Å²) in [5.74, 6) is 0.216. The Balaban J connectivity index is 1.47. The number of anilines is 1. The van der Waals surface area contributed by atoms with E-state index in [1.54, 1.807) is 0 Å². The Bertz CT molecular complexity index is 699. The Morgan fingerprint density at radius 3 is 2.48 bits per heavy atom. The Morgan fingerprint density at radius 2 is 1.80 bits per heavy atom. The van der Waals surface area contributed by atoms with Crippen LogP contribution >= 0.6 is 11.6 Å². The van der Waals surface area contributed by atoms with E-state index in [0.717, 1.165) is 36.9 Å². The number of hydrogen-bond donors (Lipinski definition) is 1. The molecular formula is C20H25ClN3O+. The summed E-state index contributed by atoms with van der Waals surface area (Å²) in [6.45, 7) is 5.85. The molecule has 1 amide bonds. The molecule has 5 heteroatoms. The van der Waals surface area contributed by atoms with Crippen LogP contribution in [0.5, 0.6) is 0 Å². The van der Waals surface area contributed by atoms with Gasteiger partial charge in [-0.25, -0.2) is 0 Å². The number of carbonyl (C=O) groups is 1. The van der Waals surface area contributed by atoms with Gasteiger partial charge >= 0.3 is 0 Å². The Hall–Kier alpha value is -2.04. The summed E-state index contributed by atoms with van der Waals surface area (Å²) >= 11 is 6.07. The topological polar surface area (TPSA) is 40.2 Å². The highest BCUT2D eigenvalue weighted by molar-refractivity contribution is 6.30. The van der Waals surface area contributed by atoms with E-state index in [0.29, 0.717) is 6.54 Å². The van der Waals surface area contributed by atoms with Crippen molar-refractivity contribution in [2.45, 2.75) is 13.0 Å². The molecule has 132 valence electrons. The lowest BCUT2D eigenvalue weighted by Crippen LogP contribution is -2.87. The Kier molecular flexibility index (Phi) is 5.95. The number of amides is 1. The van der Waals surface area contributed by atoms with Gasteiger partial charge in [0.15, 0.2) is 6.54 Å². The molecule has 0 unspecified atom stereocenters. The van der Waals surface area contributed by atoms with Crippen LogP contribution in [0.4, 0.5) is 5.69 Å². The van der Waals surface area contributed by atoms with Crippen molar-refractivity contribution in [3.8, 4) is 0 Å². The summed E-state index contributed by atoms with van der Waals surface area (Å²) in [6.07, 6.45) is 0. The average molecular weight is 359 g/mol. The molecule has 2 aromatic rings. The normalized spacial score (nSPS) is 15.9. The van der Waals surface area contributed by atoms with Gasteiger partial charge in [0.25, 0.3) is 5.91 Å². The summed E-state index contributed by atoms with van der Waals surface area (Å²) in [4.78, 5) is 16.7. The molecular weight excluding hydrogens is 334 g/mol. The standard InChI is InChI=1S/C20H24ClN3O/c1-16(17-6-3-2-4-7-17)22-15-20(25)24-12-10-23(11-13-24)19-9-5-8-18(21)14-19/h2-9,14,16,22H,10-13,15H2,1H3/p+1/t16-/m0/s1. The number of hydrogen-bond acceptors (Lipinski definition) is 2. The maximum Gasteiger partial charge on any atom is 0.277 e. The van der Waals surface area contributed by atoms with Crippen LogP contribution in [0.2, 0.25) is 5.02 Å². The van der Waals surface area contributed by atoms with Gasteiger partial charge in [-0.2, -0.15) is 0 Å². The lowest BCUT2D eigenvalue weighted by molar-refractivity contribution is -0.683. The van der Waals surface area contributed by atoms with Gasteiger partial charge in [0.05, 0.1) is 0 Å². The number of carbonyl (C=O) groups excluding carboxylic acids is 1. The zero-order chi connectivity index (χ0) is 17.6. The predicted octanol–water partition coefficient (Wildman–Crippen LogP) is 2.31. The van der Waals surface area contributed by atoms with Gasteiger partial charge in [0.1, 0.15) is 6.04 Å². The third kappa shape index (κ3) is 4.74. The molecule has 0 bridgehead atoms. The summed E-state index contributed by atoms with van der Waals surface area (Å²) < 4.78 is 0. The smallest absolute Gasteiger partial charge is 0.277 e. The van der Waals surface area contributed by atoms with E-state index in [1.807, 2.05) is 41.3 Å². The maximum atomic E-state index is 12.5. The van der Waals surface area contributed by atoms with Gasteiger partial charge in [0, 0.05) is 42.5 Å². The molecule has 0 radical (unpaired) electrons. The molecule has 0 aromatic heterocycles. The van der Waals surface area contributed by atoms with Crippen molar-refractivity contribution in [2.75, 3.05) is 37.6 Å². The summed E-state index contributed by atoms with van der Waals surface area (Å²) in [5.41, 5.74) is 2.38. The van der Waals surface area contributed by atoms with Crippen molar-refractivity contribution in [2.24, 2.45) is 0 Å². The first-order chi connectivity index (χ1) is 12.1. The number of nitrogens with two attached hydrogens (primary N) is 1. The monoisotopic (exact) mass is 358 g/mol. The van der Waals surface area contributed by atoms with Gasteiger partial charge in [0.2, 0.25) is 0 Å². The molecule has 25 heavy (non-hydrogen) atoms. The van der Waals surface area contributed by atoms with Crippen molar-refractivity contribution >= 4 is 23.2 Å². The molecule has 1 heterocycles. The van der Waals surface area contributed by atoms with Crippen molar-refractivity contribution in [3.05, 3.63) is 65.2 Å². The first-order valence-corrected chi connectivity index (χ1v) is 9.18. The van der Waals surface area contributed by atoms with Gasteiger partial charge in [-0.3, -0.25) is 4.79 Å². The van der Waals surface area contributed by atoms with Crippen molar-refractivity contribution < 1.29 is 10.1 Å². The highest BCUT2D eigenvalue weighted by Crippen LogP contribution is 2.20. The molecule has 0 spiro atoms. The minimum Gasteiger partial charge on any atom is -0.368 e. The minimum absolute atomic E-state index is 0.216. The fraction of sp³-hybridized carbons (Fsp3) is 0.350. The van der Waals surface area contributed by atoms with Crippen LogP contribution in [0.1, 0.15) is 18.5 Å². The molecule has 2 aromatic carbocycles. The zero-order valence-electron chi connectivity index (χ0n) is 14.6. The van der Waals surface area contributed by atoms with Gasteiger partial charge in [-0.05, 0) is 25.1 Å². The fourth-order valence-electron chi connectivity index (χ4n) is 3.19. The molecule has 0 saturated carbocycles. The van der Waals surface area contributed by atoms with Crippen LogP contribution in [-0.2, 0) is 4.79 Å². The molecule has 1 aliphatic rings. The highest BCUT2D eigenvalue weighted by atomic mass is 35.5. The molecule has 1 aliphatic heterocycles. The first kappa shape index (κ1) is 17.8. The molecule has 0 aliphatic carbocycles. The second-order valence-corrected chi connectivity index (χ2v) is 6.92. The Morgan fingerprint density at radius 1 is 1.08 bits per heavy atom. The molecule has 1 fully saturated rings. The maximum absolute atomic E-state index is 12.5. The van der Waals surface area contributed by atoms with Crippen LogP contribution in [0.3, 0.4) is 0 Å². The number of rotatable bonds is 5. The molecule has 2 N–H and O–H groups in total. The van der Waals surface area contributed by atoms with E-state index in [2.05, 4.69) is 35.3 Å². The first-order valence-electron chi connectivity index (χ1n) is 8.80. The summed E-state index contributed by atoms with van der Waals surface area (Å²) in [5, 5.41) is 2.86. The van der Waals surface area contributed by atoms with Crippen LogP contribution in [0.15, 0.2) is 54.6 Å². The van der Waals surface area contributed by atoms with Gasteiger partial charge in [-0.1, -0.05) is 48.0 Å². The number of piperazine rings is 1. The molecule has 3 rings (SSSR count). The van der Waals surface area contributed by atoms with E-state index in [4.69, 9.17) is 11.6 Å². The van der Waals surface area contributed by atoms with Gasteiger partial charge < -0.3 is 15.1 Å². The minimum atomic E-state index is 0.216. The number of benzene rings is 2. The second-order valence-electron chi connectivity index (χ2n) is 6.49. The largest absolute Gasteiger partial charge is 0.368 e. The lowest BCUT2D eigenvalue weighted by atomic mass is 10.1. The quantitative estimate of drug-likeness (QED) is 0.891. The van der Waals surface area contributed by atoms with E-state index in [-0.39, 0.29) is 11.9 Å². The van der Waals surface area contributed by atoms with E-state index >= 15 is 0 Å². The number of halogens is 1. The van der Waals surface area contributed by atoms with Crippen LogP contribution < -0.4 is 10.2 Å². The van der Waals surface area contributed by atoms with Crippen molar-refractivity contribution in [1.29, 1.82) is 0 Å². The zero-order valence-corrected chi connectivity index (χ0v) is 15.3.